The Balaban J connectivity index is 1.28. The molecule has 6 rings (SSSR count). The van der Waals surface area contributed by atoms with E-state index in [1.165, 1.54) is 30.4 Å². The molecule has 4 saturated carbocycles. The fourth-order valence-corrected chi connectivity index (χ4v) is 7.36. The summed E-state index contributed by atoms with van der Waals surface area (Å²) in [5, 5.41) is 4.55. The van der Waals surface area contributed by atoms with E-state index in [-0.39, 0.29) is 5.54 Å². The third kappa shape index (κ3) is 1.23. The molecule has 24 heavy (non-hydrogen) atoms. The standard InChI is InChI=1S/C21H26N2O/c1-12-5-4-6-13(7-12)11-22-20(2,3)19(24)23(22)18-16-9-14-8-15-10-17(18)21(14,15)16/h4-7,14-18H,8-11H2,1-3H3. The molecule has 4 atom stereocenters. The van der Waals surface area contributed by atoms with Crippen LogP contribution in [0.1, 0.15) is 44.2 Å². The van der Waals surface area contributed by atoms with Crippen molar-refractivity contribution in [3.05, 3.63) is 35.4 Å². The fraction of sp³-hybridized carbons (Fsp3) is 0.667. The lowest BCUT2D eigenvalue weighted by atomic mass is 9.17. The number of aryl methyl sites for hydroxylation is 1. The third-order valence-electron chi connectivity index (χ3n) is 8.50. The highest BCUT2D eigenvalue weighted by Crippen LogP contribution is 2.88. The highest BCUT2D eigenvalue weighted by molar-refractivity contribution is 5.90. The Morgan fingerprint density at radius 2 is 1.83 bits per heavy atom. The summed E-state index contributed by atoms with van der Waals surface area (Å²) in [6.45, 7) is 7.18. The molecule has 3 heteroatoms. The van der Waals surface area contributed by atoms with Gasteiger partial charge in [0.05, 0.1) is 6.04 Å². The molecule has 0 aromatic heterocycles. The number of hydrogen-bond acceptors (Lipinski definition) is 2. The largest absolute Gasteiger partial charge is 0.271 e. The predicted octanol–water partition coefficient (Wildman–Crippen LogP) is 3.38. The molecule has 4 unspecified atom stereocenters. The zero-order chi connectivity index (χ0) is 16.4. The molecule has 1 saturated heterocycles. The summed E-state index contributed by atoms with van der Waals surface area (Å²) in [5.41, 5.74) is 2.98. The van der Waals surface area contributed by atoms with Gasteiger partial charge in [-0.1, -0.05) is 29.8 Å². The highest BCUT2D eigenvalue weighted by atomic mass is 16.2. The van der Waals surface area contributed by atoms with Crippen molar-refractivity contribution in [1.29, 1.82) is 0 Å². The summed E-state index contributed by atoms with van der Waals surface area (Å²) in [5.74, 6) is 4.04. The number of amides is 1. The van der Waals surface area contributed by atoms with Gasteiger partial charge in [-0.2, -0.15) is 5.01 Å². The normalized spacial score (nSPS) is 46.5. The second-order valence-corrected chi connectivity index (χ2v) is 9.56. The molecule has 1 spiro atoms. The first-order valence-electron chi connectivity index (χ1n) is 9.62. The van der Waals surface area contributed by atoms with Gasteiger partial charge in [0.2, 0.25) is 0 Å². The second-order valence-electron chi connectivity index (χ2n) is 9.56. The van der Waals surface area contributed by atoms with E-state index in [1.807, 2.05) is 0 Å². The molecule has 5 aliphatic rings. The van der Waals surface area contributed by atoms with E-state index < -0.39 is 0 Å². The average Bonchev–Trinajstić information content (AvgIpc) is 2.47. The van der Waals surface area contributed by atoms with Gasteiger partial charge in [-0.3, -0.25) is 9.80 Å². The quantitative estimate of drug-likeness (QED) is 0.852. The molecule has 126 valence electrons. The summed E-state index contributed by atoms with van der Waals surface area (Å²) in [4.78, 5) is 12.9. The summed E-state index contributed by atoms with van der Waals surface area (Å²) in [7, 11) is 0. The monoisotopic (exact) mass is 322 g/mol. The maximum Gasteiger partial charge on any atom is 0.258 e. The van der Waals surface area contributed by atoms with Gasteiger partial charge >= 0.3 is 0 Å². The second kappa shape index (κ2) is 3.90. The zero-order valence-corrected chi connectivity index (χ0v) is 14.8. The summed E-state index contributed by atoms with van der Waals surface area (Å²) in [6.07, 6.45) is 4.27. The van der Waals surface area contributed by atoms with Gasteiger partial charge in [0.1, 0.15) is 5.54 Å². The van der Waals surface area contributed by atoms with E-state index in [2.05, 4.69) is 55.1 Å². The molecule has 1 amide bonds. The number of rotatable bonds is 3. The van der Waals surface area contributed by atoms with Crippen LogP contribution in [0.15, 0.2) is 24.3 Å². The van der Waals surface area contributed by atoms with Gasteiger partial charge in [0.25, 0.3) is 5.91 Å². The predicted molar refractivity (Wildman–Crippen MR) is 91.7 cm³/mol. The number of carbonyl (C=O) groups excluding carboxylic acids is 1. The number of benzene rings is 1. The summed E-state index contributed by atoms with van der Waals surface area (Å²) in [6, 6.07) is 9.23. The van der Waals surface area contributed by atoms with E-state index in [4.69, 9.17) is 0 Å². The molecule has 1 aliphatic heterocycles. The lowest BCUT2D eigenvalue weighted by Crippen LogP contribution is -2.92. The minimum absolute atomic E-state index is 0.348. The lowest BCUT2D eigenvalue weighted by Gasteiger charge is -2.90. The van der Waals surface area contributed by atoms with Gasteiger partial charge in [-0.05, 0) is 74.7 Å². The SMILES string of the molecule is Cc1cccc(CN2N(C3C4CC5CC6CC3C564)C(=O)C2(C)C)c1. The van der Waals surface area contributed by atoms with Crippen molar-refractivity contribution in [3.8, 4) is 0 Å². The first kappa shape index (κ1) is 13.9. The first-order valence-corrected chi connectivity index (χ1v) is 9.62. The Morgan fingerprint density at radius 1 is 1.12 bits per heavy atom. The van der Waals surface area contributed by atoms with Crippen molar-refractivity contribution in [1.82, 2.24) is 10.0 Å². The molecule has 0 bridgehead atoms. The van der Waals surface area contributed by atoms with Crippen LogP contribution in [0.25, 0.3) is 0 Å². The summed E-state index contributed by atoms with van der Waals surface area (Å²) < 4.78 is 0. The Bertz CT molecular complexity index is 747. The molecular weight excluding hydrogens is 296 g/mol. The van der Waals surface area contributed by atoms with Crippen LogP contribution in [0.3, 0.4) is 0 Å². The van der Waals surface area contributed by atoms with Gasteiger partial charge in [0.15, 0.2) is 0 Å². The maximum absolute atomic E-state index is 12.9. The Hall–Kier alpha value is -1.35. The van der Waals surface area contributed by atoms with Crippen LogP contribution in [0.5, 0.6) is 0 Å². The summed E-state index contributed by atoms with van der Waals surface area (Å²) >= 11 is 0. The minimum atomic E-state index is -0.349. The van der Waals surface area contributed by atoms with Crippen LogP contribution in [0.2, 0.25) is 0 Å². The van der Waals surface area contributed by atoms with Crippen molar-refractivity contribution in [2.75, 3.05) is 0 Å². The van der Waals surface area contributed by atoms with Gasteiger partial charge in [-0.25, -0.2) is 0 Å². The van der Waals surface area contributed by atoms with Crippen molar-refractivity contribution >= 4 is 5.91 Å². The van der Waals surface area contributed by atoms with Crippen LogP contribution in [0, 0.1) is 36.0 Å². The van der Waals surface area contributed by atoms with Crippen molar-refractivity contribution < 1.29 is 4.79 Å². The molecule has 1 aromatic rings. The number of nitrogens with zero attached hydrogens (tertiary/aromatic N) is 2. The van der Waals surface area contributed by atoms with Crippen molar-refractivity contribution in [2.24, 2.45) is 29.1 Å². The smallest absolute Gasteiger partial charge is 0.258 e. The van der Waals surface area contributed by atoms with E-state index in [0.717, 1.165) is 35.6 Å². The van der Waals surface area contributed by atoms with Crippen molar-refractivity contribution in [2.45, 2.75) is 58.2 Å². The lowest BCUT2D eigenvalue weighted by molar-refractivity contribution is -0.426. The maximum atomic E-state index is 12.9. The Labute approximate surface area is 144 Å². The molecule has 0 radical (unpaired) electrons. The van der Waals surface area contributed by atoms with Crippen LogP contribution in [-0.4, -0.2) is 27.5 Å². The van der Waals surface area contributed by atoms with Crippen LogP contribution >= 0.6 is 0 Å². The van der Waals surface area contributed by atoms with Crippen LogP contribution < -0.4 is 0 Å². The number of carbonyl (C=O) groups is 1. The highest BCUT2D eigenvalue weighted by Gasteiger charge is 2.86. The molecular formula is C21H26N2O. The third-order valence-corrected chi connectivity index (χ3v) is 8.50. The zero-order valence-electron chi connectivity index (χ0n) is 14.8. The van der Waals surface area contributed by atoms with E-state index in [9.17, 15) is 4.79 Å². The van der Waals surface area contributed by atoms with Crippen molar-refractivity contribution in [3.63, 3.8) is 0 Å². The minimum Gasteiger partial charge on any atom is -0.271 e. The number of hydrazine groups is 1. The molecule has 1 aromatic carbocycles. The molecule has 0 N–H and O–H groups in total. The molecule has 5 fully saturated rings. The molecule has 3 nitrogen and oxygen atoms in total. The van der Waals surface area contributed by atoms with E-state index >= 15 is 0 Å². The van der Waals surface area contributed by atoms with E-state index in [0.29, 0.717) is 11.9 Å². The van der Waals surface area contributed by atoms with Gasteiger partial charge in [-0.15, -0.1) is 0 Å². The fourth-order valence-electron chi connectivity index (χ4n) is 7.36. The topological polar surface area (TPSA) is 23.6 Å². The molecule has 1 heterocycles. The van der Waals surface area contributed by atoms with Crippen LogP contribution in [0.4, 0.5) is 0 Å². The van der Waals surface area contributed by atoms with Crippen LogP contribution in [-0.2, 0) is 11.3 Å². The van der Waals surface area contributed by atoms with Gasteiger partial charge < -0.3 is 0 Å². The Morgan fingerprint density at radius 3 is 2.46 bits per heavy atom. The Kier molecular flexibility index (Phi) is 2.26. The number of hydrogen-bond donors (Lipinski definition) is 0. The van der Waals surface area contributed by atoms with E-state index in [1.54, 1.807) is 0 Å². The first-order chi connectivity index (χ1) is 11.5. The average molecular weight is 322 g/mol. The van der Waals surface area contributed by atoms with Gasteiger partial charge in [0, 0.05) is 6.54 Å². The molecule has 4 aliphatic carbocycles.